The summed E-state index contributed by atoms with van der Waals surface area (Å²) < 4.78 is 10.4. The van der Waals surface area contributed by atoms with Gasteiger partial charge in [-0.2, -0.15) is 0 Å². The average Bonchev–Trinajstić information content (AvgIpc) is 3.71. The van der Waals surface area contributed by atoms with Gasteiger partial charge in [-0.3, -0.25) is 9.59 Å². The molecule has 0 bridgehead atoms. The van der Waals surface area contributed by atoms with Gasteiger partial charge in [0.25, 0.3) is 11.8 Å². The minimum atomic E-state index is -1.23. The number of halogens is 1. The molecule has 0 saturated heterocycles. The van der Waals surface area contributed by atoms with Gasteiger partial charge >= 0.3 is 12.1 Å². The first-order chi connectivity index (χ1) is 22.8. The predicted octanol–water partition coefficient (Wildman–Crippen LogP) is 5.56. The third-order valence-corrected chi connectivity index (χ3v) is 8.50. The summed E-state index contributed by atoms with van der Waals surface area (Å²) in [6.45, 7) is 0.0961. The van der Waals surface area contributed by atoms with Crippen LogP contribution in [0.2, 0.25) is 5.02 Å². The van der Waals surface area contributed by atoms with Crippen molar-refractivity contribution in [3.63, 3.8) is 0 Å². The van der Waals surface area contributed by atoms with Crippen LogP contribution in [0.15, 0.2) is 97.2 Å². The molecule has 11 heteroatoms. The summed E-state index contributed by atoms with van der Waals surface area (Å²) in [7, 11) is 1.17. The third kappa shape index (κ3) is 6.68. The van der Waals surface area contributed by atoms with Gasteiger partial charge in [0, 0.05) is 35.1 Å². The van der Waals surface area contributed by atoms with E-state index in [2.05, 4.69) is 20.9 Å². The SMILES string of the molecule is COC(=O)[C@H](CNC(=O)OCC1c2ccccc2-c2ccccc21)NC(=O)c1ccc(C(=O)NCc2cccc3[nH]ccc23)cc1Cl. The van der Waals surface area contributed by atoms with E-state index >= 15 is 0 Å². The van der Waals surface area contributed by atoms with Crippen LogP contribution in [-0.2, 0) is 20.8 Å². The van der Waals surface area contributed by atoms with Crippen molar-refractivity contribution in [2.24, 2.45) is 0 Å². The normalized spacial score (nSPS) is 12.5. The zero-order valence-corrected chi connectivity index (χ0v) is 26.1. The molecule has 4 aromatic carbocycles. The van der Waals surface area contributed by atoms with Crippen molar-refractivity contribution in [3.05, 3.63) is 130 Å². The maximum atomic E-state index is 13.1. The van der Waals surface area contributed by atoms with Crippen LogP contribution in [0, 0.1) is 0 Å². The molecule has 0 fully saturated rings. The molecule has 6 rings (SSSR count). The second-order valence-corrected chi connectivity index (χ2v) is 11.4. The molecular formula is C36H31ClN4O6. The fourth-order valence-corrected chi connectivity index (χ4v) is 6.10. The van der Waals surface area contributed by atoms with Gasteiger partial charge in [-0.25, -0.2) is 9.59 Å². The lowest BCUT2D eigenvalue weighted by Gasteiger charge is -2.19. The van der Waals surface area contributed by atoms with Gasteiger partial charge in [-0.1, -0.05) is 72.3 Å². The van der Waals surface area contributed by atoms with Crippen LogP contribution < -0.4 is 16.0 Å². The van der Waals surface area contributed by atoms with E-state index in [0.717, 1.165) is 38.7 Å². The first-order valence-electron chi connectivity index (χ1n) is 14.9. The van der Waals surface area contributed by atoms with Crippen molar-refractivity contribution >= 4 is 46.4 Å². The number of benzene rings is 4. The number of esters is 1. The molecule has 1 aliphatic rings. The monoisotopic (exact) mass is 650 g/mol. The standard InChI is InChI=1S/C36H31ClN4O6/c1-46-35(44)32(19-40-36(45)47-20-29-26-10-4-2-8-24(26)25-9-3-5-11-27(25)29)41-34(43)28-14-13-21(17-30(28)37)33(42)39-18-22-7-6-12-31-23(22)15-16-38-31/h2-17,29,32,38H,18-20H2,1H3,(H,39,42)(H,40,45)(H,41,43)/t32-/m0/s1. The zero-order valence-electron chi connectivity index (χ0n) is 25.3. The van der Waals surface area contributed by atoms with E-state index in [0.29, 0.717) is 6.54 Å². The Balaban J connectivity index is 1.04. The van der Waals surface area contributed by atoms with Gasteiger partial charge in [0.1, 0.15) is 12.6 Å². The van der Waals surface area contributed by atoms with Crippen molar-refractivity contribution in [3.8, 4) is 11.1 Å². The molecule has 1 heterocycles. The number of amides is 3. The first kappa shape index (κ1) is 31.4. The molecule has 4 N–H and O–H groups in total. The average molecular weight is 651 g/mol. The van der Waals surface area contributed by atoms with Crippen molar-refractivity contribution in [1.29, 1.82) is 0 Å². The van der Waals surface area contributed by atoms with E-state index in [4.69, 9.17) is 21.1 Å². The van der Waals surface area contributed by atoms with Gasteiger partial charge in [-0.15, -0.1) is 0 Å². The summed E-state index contributed by atoms with van der Waals surface area (Å²) >= 11 is 6.40. The fourth-order valence-electron chi connectivity index (χ4n) is 5.83. The van der Waals surface area contributed by atoms with E-state index in [1.807, 2.05) is 79.0 Å². The van der Waals surface area contributed by atoms with E-state index in [1.165, 1.54) is 25.3 Å². The molecule has 0 saturated carbocycles. The minimum absolute atomic E-state index is 0.0102. The molecule has 1 atom stereocenters. The Morgan fingerprint density at radius 2 is 1.57 bits per heavy atom. The number of rotatable bonds is 10. The predicted molar refractivity (Wildman–Crippen MR) is 177 cm³/mol. The molecule has 0 aliphatic heterocycles. The van der Waals surface area contributed by atoms with E-state index < -0.39 is 24.0 Å². The molecule has 5 aromatic rings. The maximum absolute atomic E-state index is 13.1. The molecule has 0 spiro atoms. The summed E-state index contributed by atoms with van der Waals surface area (Å²) in [6, 6.07) is 26.7. The lowest BCUT2D eigenvalue weighted by Crippen LogP contribution is -2.49. The van der Waals surface area contributed by atoms with Crippen LogP contribution in [0.1, 0.15) is 43.3 Å². The molecule has 3 amide bonds. The third-order valence-electron chi connectivity index (χ3n) is 8.19. The van der Waals surface area contributed by atoms with Gasteiger partial charge < -0.3 is 30.4 Å². The van der Waals surface area contributed by atoms with Crippen molar-refractivity contribution in [2.75, 3.05) is 20.3 Å². The molecule has 0 unspecified atom stereocenters. The number of methoxy groups -OCH3 is 1. The molecule has 1 aromatic heterocycles. The number of ether oxygens (including phenoxy) is 2. The molecular weight excluding hydrogens is 620 g/mol. The van der Waals surface area contributed by atoms with Crippen LogP contribution in [-0.4, -0.2) is 55.2 Å². The molecule has 1 aliphatic carbocycles. The molecule has 47 heavy (non-hydrogen) atoms. The Morgan fingerprint density at radius 1 is 0.851 bits per heavy atom. The number of carbonyl (C=O) groups excluding carboxylic acids is 4. The summed E-state index contributed by atoms with van der Waals surface area (Å²) in [5.41, 5.74) is 6.54. The minimum Gasteiger partial charge on any atom is -0.467 e. The summed E-state index contributed by atoms with van der Waals surface area (Å²) in [5.74, 6) is -1.97. The number of nitrogens with one attached hydrogen (secondary N) is 4. The number of aromatic amines is 1. The highest BCUT2D eigenvalue weighted by molar-refractivity contribution is 6.34. The molecule has 0 radical (unpaired) electrons. The van der Waals surface area contributed by atoms with Crippen LogP contribution >= 0.6 is 11.6 Å². The summed E-state index contributed by atoms with van der Waals surface area (Å²) in [4.78, 5) is 54.3. The van der Waals surface area contributed by atoms with E-state index in [-0.39, 0.29) is 41.1 Å². The number of hydrogen-bond acceptors (Lipinski definition) is 6. The number of alkyl carbamates (subject to hydrolysis) is 1. The van der Waals surface area contributed by atoms with Crippen LogP contribution in [0.4, 0.5) is 4.79 Å². The van der Waals surface area contributed by atoms with Crippen molar-refractivity contribution in [2.45, 2.75) is 18.5 Å². The van der Waals surface area contributed by atoms with Gasteiger partial charge in [0.2, 0.25) is 0 Å². The van der Waals surface area contributed by atoms with Crippen LogP contribution in [0.25, 0.3) is 22.0 Å². The van der Waals surface area contributed by atoms with Crippen LogP contribution in [0.5, 0.6) is 0 Å². The maximum Gasteiger partial charge on any atom is 0.407 e. The Morgan fingerprint density at radius 3 is 2.28 bits per heavy atom. The van der Waals surface area contributed by atoms with E-state index in [9.17, 15) is 19.2 Å². The van der Waals surface area contributed by atoms with Crippen LogP contribution in [0.3, 0.4) is 0 Å². The summed E-state index contributed by atoms with van der Waals surface area (Å²) in [5, 5.41) is 8.96. The lowest BCUT2D eigenvalue weighted by molar-refractivity contribution is -0.142. The second kappa shape index (κ2) is 13.8. The van der Waals surface area contributed by atoms with Gasteiger partial charge in [0.15, 0.2) is 0 Å². The lowest BCUT2D eigenvalue weighted by atomic mass is 9.98. The number of hydrogen-bond donors (Lipinski definition) is 4. The number of aromatic nitrogens is 1. The molecule has 238 valence electrons. The highest BCUT2D eigenvalue weighted by Gasteiger charge is 2.30. The first-order valence-corrected chi connectivity index (χ1v) is 15.3. The Labute approximate surface area is 275 Å². The van der Waals surface area contributed by atoms with Gasteiger partial charge in [-0.05, 0) is 58.1 Å². The highest BCUT2D eigenvalue weighted by Crippen LogP contribution is 2.44. The fraction of sp³-hybridized carbons (Fsp3) is 0.167. The van der Waals surface area contributed by atoms with Gasteiger partial charge in [0.05, 0.1) is 24.2 Å². The molecule has 10 nitrogen and oxygen atoms in total. The highest BCUT2D eigenvalue weighted by atomic mass is 35.5. The largest absolute Gasteiger partial charge is 0.467 e. The van der Waals surface area contributed by atoms with Crippen molar-refractivity contribution < 1.29 is 28.7 Å². The topological polar surface area (TPSA) is 139 Å². The Hall–Kier alpha value is -5.61. The summed E-state index contributed by atoms with van der Waals surface area (Å²) in [6.07, 6.45) is 1.08. The van der Waals surface area contributed by atoms with Crippen molar-refractivity contribution in [1.82, 2.24) is 20.9 Å². The quantitative estimate of drug-likeness (QED) is 0.146. The second-order valence-electron chi connectivity index (χ2n) is 11.0. The zero-order chi connectivity index (χ0) is 32.9. The van der Waals surface area contributed by atoms with E-state index in [1.54, 1.807) is 0 Å². The Bertz CT molecular complexity index is 1940. The Kier molecular flexibility index (Phi) is 9.21. The number of carbonyl (C=O) groups is 4. The number of fused-ring (bicyclic) bond motifs is 4. The smallest absolute Gasteiger partial charge is 0.407 e. The number of H-pyrrole nitrogens is 1.